The first-order valence-corrected chi connectivity index (χ1v) is 8.71. The number of benzene rings is 2. The van der Waals surface area contributed by atoms with Gasteiger partial charge in [-0.3, -0.25) is 4.98 Å². The average Bonchev–Trinajstić information content (AvgIpc) is 2.61. The van der Waals surface area contributed by atoms with Gasteiger partial charge in [0.25, 0.3) is 0 Å². The highest BCUT2D eigenvalue weighted by atomic mass is 16.3. The zero-order valence-electron chi connectivity index (χ0n) is 15.3. The van der Waals surface area contributed by atoms with E-state index in [1.165, 1.54) is 5.56 Å². The first-order chi connectivity index (χ1) is 11.9. The highest BCUT2D eigenvalue weighted by molar-refractivity contribution is 5.73. The summed E-state index contributed by atoms with van der Waals surface area (Å²) >= 11 is 0. The summed E-state index contributed by atoms with van der Waals surface area (Å²) in [5.41, 5.74) is 5.02. The van der Waals surface area contributed by atoms with Crippen LogP contribution < -0.4 is 0 Å². The van der Waals surface area contributed by atoms with Crippen LogP contribution >= 0.6 is 0 Å². The van der Waals surface area contributed by atoms with E-state index in [2.05, 4.69) is 56.9 Å². The van der Waals surface area contributed by atoms with Gasteiger partial charge in [0.05, 0.1) is 0 Å². The van der Waals surface area contributed by atoms with E-state index in [0.717, 1.165) is 22.4 Å². The molecule has 0 amide bonds. The second kappa shape index (κ2) is 6.72. The first-order valence-electron chi connectivity index (χ1n) is 8.71. The fraction of sp³-hybridized carbons (Fsp3) is 0.261. The molecule has 0 aliphatic heterocycles. The smallest absolute Gasteiger partial charge is 0.127 e. The van der Waals surface area contributed by atoms with E-state index in [9.17, 15) is 5.11 Å². The standard InChI is InChI=1S/C23H25NO/c1-16(21-13-5-6-14-24-21)17-9-7-10-18(15-17)19-11-8-12-20(22(19)25)23(2,3)4/h5-16,25H,1-4H3. The zero-order chi connectivity index (χ0) is 18.0. The number of phenols is 1. The molecule has 2 nitrogen and oxygen atoms in total. The Hall–Kier alpha value is -2.61. The summed E-state index contributed by atoms with van der Waals surface area (Å²) in [5.74, 6) is 0.576. The molecular weight excluding hydrogens is 306 g/mol. The molecule has 0 saturated heterocycles. The minimum atomic E-state index is -0.0983. The molecule has 1 unspecified atom stereocenters. The van der Waals surface area contributed by atoms with E-state index < -0.39 is 0 Å². The third-order valence-corrected chi connectivity index (χ3v) is 4.67. The van der Waals surface area contributed by atoms with E-state index in [-0.39, 0.29) is 11.3 Å². The summed E-state index contributed by atoms with van der Waals surface area (Å²) in [5, 5.41) is 10.8. The lowest BCUT2D eigenvalue weighted by Crippen LogP contribution is -2.11. The summed E-state index contributed by atoms with van der Waals surface area (Å²) in [4.78, 5) is 4.47. The average molecular weight is 331 g/mol. The van der Waals surface area contributed by atoms with Gasteiger partial charge < -0.3 is 5.11 Å². The molecule has 0 bridgehead atoms. The van der Waals surface area contributed by atoms with Crippen molar-refractivity contribution in [3.05, 3.63) is 83.7 Å². The van der Waals surface area contributed by atoms with Crippen LogP contribution in [0.2, 0.25) is 0 Å². The van der Waals surface area contributed by atoms with Crippen molar-refractivity contribution in [1.82, 2.24) is 4.98 Å². The van der Waals surface area contributed by atoms with Gasteiger partial charge in [-0.15, -0.1) is 0 Å². The van der Waals surface area contributed by atoms with Crippen LogP contribution in [0.25, 0.3) is 11.1 Å². The maximum atomic E-state index is 10.8. The molecule has 0 fully saturated rings. The van der Waals surface area contributed by atoms with Gasteiger partial charge in [-0.05, 0) is 34.2 Å². The monoisotopic (exact) mass is 331 g/mol. The Balaban J connectivity index is 2.03. The van der Waals surface area contributed by atoms with Gasteiger partial charge in [0.2, 0.25) is 0 Å². The van der Waals surface area contributed by atoms with Crippen molar-refractivity contribution in [2.75, 3.05) is 0 Å². The van der Waals surface area contributed by atoms with Crippen molar-refractivity contribution >= 4 is 0 Å². The molecule has 1 N–H and O–H groups in total. The highest BCUT2D eigenvalue weighted by Gasteiger charge is 2.20. The molecule has 1 atom stereocenters. The molecule has 3 aromatic rings. The molecule has 0 saturated carbocycles. The van der Waals surface area contributed by atoms with Crippen LogP contribution in [-0.2, 0) is 5.41 Å². The van der Waals surface area contributed by atoms with Crippen LogP contribution in [0.3, 0.4) is 0 Å². The predicted molar refractivity (Wildman–Crippen MR) is 104 cm³/mol. The van der Waals surface area contributed by atoms with Crippen LogP contribution in [-0.4, -0.2) is 10.1 Å². The number of rotatable bonds is 3. The maximum absolute atomic E-state index is 10.8. The number of hydrogen-bond acceptors (Lipinski definition) is 2. The Labute approximate surface area is 150 Å². The number of aromatic hydroxyl groups is 1. The summed E-state index contributed by atoms with van der Waals surface area (Å²) in [6, 6.07) is 20.4. The molecule has 1 aromatic heterocycles. The van der Waals surface area contributed by atoms with E-state index in [0.29, 0.717) is 5.75 Å². The van der Waals surface area contributed by atoms with Gasteiger partial charge in [0.1, 0.15) is 5.75 Å². The minimum absolute atomic E-state index is 0.0983. The quantitative estimate of drug-likeness (QED) is 0.648. The van der Waals surface area contributed by atoms with Crippen LogP contribution in [0.5, 0.6) is 5.75 Å². The lowest BCUT2D eigenvalue weighted by atomic mass is 9.84. The summed E-state index contributed by atoms with van der Waals surface area (Å²) in [7, 11) is 0. The predicted octanol–water partition coefficient (Wildman–Crippen LogP) is 5.90. The van der Waals surface area contributed by atoms with Crippen LogP contribution in [0.1, 0.15) is 50.4 Å². The number of para-hydroxylation sites is 1. The van der Waals surface area contributed by atoms with Gasteiger partial charge in [-0.1, -0.05) is 76.2 Å². The van der Waals surface area contributed by atoms with Crippen molar-refractivity contribution < 1.29 is 5.11 Å². The van der Waals surface area contributed by atoms with E-state index in [1.807, 2.05) is 42.6 Å². The Morgan fingerprint density at radius 1 is 0.920 bits per heavy atom. The molecule has 0 spiro atoms. The third kappa shape index (κ3) is 3.58. The molecule has 0 aliphatic rings. The lowest BCUT2D eigenvalue weighted by Gasteiger charge is -2.22. The van der Waals surface area contributed by atoms with Crippen molar-refractivity contribution in [3.8, 4) is 16.9 Å². The zero-order valence-corrected chi connectivity index (χ0v) is 15.3. The third-order valence-electron chi connectivity index (χ3n) is 4.67. The molecule has 128 valence electrons. The van der Waals surface area contributed by atoms with E-state index in [4.69, 9.17) is 0 Å². The van der Waals surface area contributed by atoms with Gasteiger partial charge >= 0.3 is 0 Å². The number of hydrogen-bond donors (Lipinski definition) is 1. The topological polar surface area (TPSA) is 33.1 Å². The summed E-state index contributed by atoms with van der Waals surface area (Å²) in [6.45, 7) is 8.51. The van der Waals surface area contributed by atoms with E-state index in [1.54, 1.807) is 0 Å². The normalized spacial score (nSPS) is 12.8. The van der Waals surface area contributed by atoms with Gasteiger partial charge in [-0.2, -0.15) is 0 Å². The van der Waals surface area contributed by atoms with Crippen LogP contribution in [0.15, 0.2) is 66.9 Å². The Morgan fingerprint density at radius 3 is 2.36 bits per heavy atom. The first kappa shape index (κ1) is 17.2. The van der Waals surface area contributed by atoms with Crippen LogP contribution in [0, 0.1) is 0 Å². The molecular formula is C23H25NO. The molecule has 2 heteroatoms. The Bertz CT molecular complexity index is 863. The number of phenolic OH excluding ortho intramolecular Hbond substituents is 1. The second-order valence-electron chi connectivity index (χ2n) is 7.55. The lowest BCUT2D eigenvalue weighted by molar-refractivity contribution is 0.448. The molecule has 1 heterocycles. The van der Waals surface area contributed by atoms with Gasteiger partial charge in [0.15, 0.2) is 0 Å². The van der Waals surface area contributed by atoms with Crippen molar-refractivity contribution in [2.45, 2.75) is 39.0 Å². The van der Waals surface area contributed by atoms with Crippen molar-refractivity contribution in [2.24, 2.45) is 0 Å². The molecule has 0 aliphatic carbocycles. The SMILES string of the molecule is CC(c1cccc(-c2cccc(C(C)(C)C)c2O)c1)c1ccccn1. The van der Waals surface area contributed by atoms with Gasteiger partial charge in [-0.25, -0.2) is 0 Å². The minimum Gasteiger partial charge on any atom is -0.507 e. The summed E-state index contributed by atoms with van der Waals surface area (Å²) < 4.78 is 0. The highest BCUT2D eigenvalue weighted by Crippen LogP contribution is 2.39. The van der Waals surface area contributed by atoms with Gasteiger partial charge in [0, 0.05) is 23.4 Å². The van der Waals surface area contributed by atoms with Crippen molar-refractivity contribution in [3.63, 3.8) is 0 Å². The Kier molecular flexibility index (Phi) is 4.63. The molecule has 0 radical (unpaired) electrons. The number of aromatic nitrogens is 1. The Morgan fingerprint density at radius 2 is 1.68 bits per heavy atom. The maximum Gasteiger partial charge on any atom is 0.127 e. The number of nitrogens with zero attached hydrogens (tertiary/aromatic N) is 1. The number of pyridine rings is 1. The fourth-order valence-corrected chi connectivity index (χ4v) is 3.16. The molecule has 25 heavy (non-hydrogen) atoms. The largest absolute Gasteiger partial charge is 0.507 e. The van der Waals surface area contributed by atoms with Crippen LogP contribution in [0.4, 0.5) is 0 Å². The second-order valence-corrected chi connectivity index (χ2v) is 7.55. The molecule has 3 rings (SSSR count). The van der Waals surface area contributed by atoms with Crippen molar-refractivity contribution in [1.29, 1.82) is 0 Å². The van der Waals surface area contributed by atoms with E-state index >= 15 is 0 Å². The molecule has 2 aromatic carbocycles. The summed E-state index contributed by atoms with van der Waals surface area (Å²) in [6.07, 6.45) is 1.83. The fourth-order valence-electron chi connectivity index (χ4n) is 3.16.